The Morgan fingerprint density at radius 1 is 1.44 bits per heavy atom. The predicted molar refractivity (Wildman–Crippen MR) is 76.2 cm³/mol. The maximum absolute atomic E-state index is 12.0. The molecule has 1 amide bonds. The number of benzene rings is 1. The molecule has 0 aliphatic heterocycles. The molecule has 3 nitrogen and oxygen atoms in total. The van der Waals surface area contributed by atoms with E-state index in [0.717, 1.165) is 23.8 Å². The molecule has 2 rings (SSSR count). The lowest BCUT2D eigenvalue weighted by Gasteiger charge is -2.09. The van der Waals surface area contributed by atoms with Crippen LogP contribution in [0, 0.1) is 0 Å². The fraction of sp³-hybridized carbons (Fsp3) is 0.357. The van der Waals surface area contributed by atoms with E-state index in [4.69, 9.17) is 4.42 Å². The Morgan fingerprint density at radius 2 is 2.22 bits per heavy atom. The number of hydrogen-bond donors (Lipinski definition) is 1. The van der Waals surface area contributed by atoms with Crippen molar-refractivity contribution in [1.29, 1.82) is 0 Å². The predicted octanol–water partition coefficient (Wildman–Crippen LogP) is 3.73. The van der Waals surface area contributed by atoms with Gasteiger partial charge >= 0.3 is 0 Å². The number of furan rings is 1. The smallest absolute Gasteiger partial charge is 0.255 e. The van der Waals surface area contributed by atoms with Crippen molar-refractivity contribution in [3.8, 4) is 0 Å². The lowest BCUT2D eigenvalue weighted by atomic mass is 10.1. The van der Waals surface area contributed by atoms with E-state index in [1.54, 1.807) is 0 Å². The van der Waals surface area contributed by atoms with Crippen LogP contribution in [0.3, 0.4) is 0 Å². The monoisotopic (exact) mass is 309 g/mol. The largest absolute Gasteiger partial charge is 0.463 e. The van der Waals surface area contributed by atoms with Crippen LogP contribution in [0.4, 0.5) is 0 Å². The third-order valence-electron chi connectivity index (χ3n) is 2.81. The molecule has 1 N–H and O–H groups in total. The van der Waals surface area contributed by atoms with Gasteiger partial charge in [0, 0.05) is 16.8 Å². The lowest BCUT2D eigenvalue weighted by Crippen LogP contribution is -2.29. The highest BCUT2D eigenvalue weighted by molar-refractivity contribution is 9.09. The van der Waals surface area contributed by atoms with Crippen molar-refractivity contribution in [2.24, 2.45) is 0 Å². The minimum Gasteiger partial charge on any atom is -0.463 e. The molecular formula is C14H16BrNO2. The Morgan fingerprint density at radius 3 is 3.00 bits per heavy atom. The third-order valence-corrected chi connectivity index (χ3v) is 3.59. The molecule has 4 heteroatoms. The van der Waals surface area contributed by atoms with Gasteiger partial charge in [-0.15, -0.1) is 0 Å². The van der Waals surface area contributed by atoms with E-state index in [1.807, 2.05) is 24.3 Å². The zero-order chi connectivity index (χ0) is 13.0. The average Bonchev–Trinajstić information content (AvgIpc) is 2.80. The molecule has 0 saturated heterocycles. The summed E-state index contributed by atoms with van der Waals surface area (Å²) in [5.41, 5.74) is 1.34. The molecule has 1 unspecified atom stereocenters. The van der Waals surface area contributed by atoms with Gasteiger partial charge in [0.05, 0.1) is 5.56 Å². The molecule has 1 heterocycles. The Labute approximate surface area is 115 Å². The van der Waals surface area contributed by atoms with Gasteiger partial charge < -0.3 is 9.73 Å². The normalized spacial score (nSPS) is 12.6. The summed E-state index contributed by atoms with van der Waals surface area (Å²) in [7, 11) is 0. The Bertz CT molecular complexity index is 535. The Hall–Kier alpha value is -1.29. The van der Waals surface area contributed by atoms with Crippen molar-refractivity contribution in [2.75, 3.05) is 6.54 Å². The summed E-state index contributed by atoms with van der Waals surface area (Å²) in [5.74, 6) is -0.0829. The molecule has 0 bridgehead atoms. The molecule has 2 aromatic rings. The number of fused-ring (bicyclic) bond motifs is 1. The van der Waals surface area contributed by atoms with Crippen molar-refractivity contribution in [3.63, 3.8) is 0 Å². The number of nitrogens with one attached hydrogen (secondary N) is 1. The number of carbonyl (C=O) groups is 1. The minimum atomic E-state index is -0.0829. The van der Waals surface area contributed by atoms with Gasteiger partial charge in [-0.25, -0.2) is 0 Å². The van der Waals surface area contributed by atoms with E-state index >= 15 is 0 Å². The van der Waals surface area contributed by atoms with Gasteiger partial charge in [0.25, 0.3) is 5.91 Å². The van der Waals surface area contributed by atoms with E-state index < -0.39 is 0 Å². The Balaban J connectivity index is 2.05. The van der Waals surface area contributed by atoms with Crippen LogP contribution in [0.5, 0.6) is 0 Å². The molecule has 1 atom stereocenters. The molecule has 0 radical (unpaired) electrons. The maximum Gasteiger partial charge on any atom is 0.255 e. The first-order chi connectivity index (χ1) is 8.72. The highest BCUT2D eigenvalue weighted by Crippen LogP contribution is 2.20. The van der Waals surface area contributed by atoms with Crippen LogP contribution >= 0.6 is 15.9 Å². The molecule has 0 spiro atoms. The fourth-order valence-corrected chi connectivity index (χ4v) is 2.49. The van der Waals surface area contributed by atoms with Gasteiger partial charge in [0.2, 0.25) is 0 Å². The van der Waals surface area contributed by atoms with Crippen LogP contribution in [0.15, 0.2) is 34.9 Å². The number of amides is 1. The van der Waals surface area contributed by atoms with Crippen LogP contribution in [-0.2, 0) is 0 Å². The second kappa shape index (κ2) is 6.05. The van der Waals surface area contributed by atoms with Gasteiger partial charge in [0.15, 0.2) is 0 Å². The number of carbonyl (C=O) groups excluding carboxylic acids is 1. The van der Waals surface area contributed by atoms with E-state index in [-0.39, 0.29) is 5.91 Å². The quantitative estimate of drug-likeness (QED) is 0.855. The second-order valence-corrected chi connectivity index (χ2v) is 5.54. The topological polar surface area (TPSA) is 42.2 Å². The molecule has 1 aromatic carbocycles. The fourth-order valence-electron chi connectivity index (χ4n) is 1.87. The van der Waals surface area contributed by atoms with Gasteiger partial charge in [-0.3, -0.25) is 4.79 Å². The van der Waals surface area contributed by atoms with Crippen LogP contribution in [-0.4, -0.2) is 17.3 Å². The van der Waals surface area contributed by atoms with Gasteiger partial charge in [-0.05, 0) is 12.5 Å². The van der Waals surface area contributed by atoms with Crippen molar-refractivity contribution >= 4 is 32.8 Å². The standard InChI is InChI=1S/C14H16BrNO2/c1-2-5-10(15)8-16-14(17)12-9-18-13-7-4-3-6-11(12)13/h3-4,6-7,9-10H,2,5,8H2,1H3,(H,16,17). The molecule has 1 aromatic heterocycles. The van der Waals surface area contributed by atoms with E-state index in [1.165, 1.54) is 6.26 Å². The summed E-state index contributed by atoms with van der Waals surface area (Å²) in [4.78, 5) is 12.4. The number of alkyl halides is 1. The summed E-state index contributed by atoms with van der Waals surface area (Å²) in [6.45, 7) is 2.76. The lowest BCUT2D eigenvalue weighted by molar-refractivity contribution is 0.0954. The molecule has 0 saturated carbocycles. The van der Waals surface area contributed by atoms with E-state index in [2.05, 4.69) is 28.2 Å². The number of rotatable bonds is 5. The highest BCUT2D eigenvalue weighted by Gasteiger charge is 2.13. The highest BCUT2D eigenvalue weighted by atomic mass is 79.9. The summed E-state index contributed by atoms with van der Waals surface area (Å²) < 4.78 is 5.35. The molecule has 0 fully saturated rings. The third kappa shape index (κ3) is 2.93. The zero-order valence-electron chi connectivity index (χ0n) is 10.3. The first-order valence-electron chi connectivity index (χ1n) is 6.11. The number of hydrogen-bond acceptors (Lipinski definition) is 2. The van der Waals surface area contributed by atoms with Crippen LogP contribution < -0.4 is 5.32 Å². The Kier molecular flexibility index (Phi) is 4.42. The summed E-state index contributed by atoms with van der Waals surface area (Å²) in [6, 6.07) is 7.55. The molecule has 0 aliphatic rings. The van der Waals surface area contributed by atoms with E-state index in [9.17, 15) is 4.79 Å². The van der Waals surface area contributed by atoms with Crippen LogP contribution in [0.2, 0.25) is 0 Å². The first-order valence-corrected chi connectivity index (χ1v) is 7.02. The van der Waals surface area contributed by atoms with Crippen molar-refractivity contribution in [2.45, 2.75) is 24.6 Å². The van der Waals surface area contributed by atoms with Gasteiger partial charge in [0.1, 0.15) is 11.8 Å². The number of halogens is 1. The molecule has 18 heavy (non-hydrogen) atoms. The van der Waals surface area contributed by atoms with Gasteiger partial charge in [-0.2, -0.15) is 0 Å². The minimum absolute atomic E-state index is 0.0829. The number of para-hydroxylation sites is 1. The maximum atomic E-state index is 12.0. The average molecular weight is 310 g/mol. The van der Waals surface area contributed by atoms with Gasteiger partial charge in [-0.1, -0.05) is 47.5 Å². The van der Waals surface area contributed by atoms with Crippen molar-refractivity contribution in [1.82, 2.24) is 5.32 Å². The van der Waals surface area contributed by atoms with E-state index in [0.29, 0.717) is 16.9 Å². The van der Waals surface area contributed by atoms with Crippen molar-refractivity contribution in [3.05, 3.63) is 36.1 Å². The zero-order valence-corrected chi connectivity index (χ0v) is 11.9. The van der Waals surface area contributed by atoms with Crippen molar-refractivity contribution < 1.29 is 9.21 Å². The second-order valence-electron chi connectivity index (χ2n) is 4.24. The molecule has 0 aliphatic carbocycles. The summed E-state index contributed by atoms with van der Waals surface area (Å²) >= 11 is 3.54. The summed E-state index contributed by atoms with van der Waals surface area (Å²) in [6.07, 6.45) is 3.66. The van der Waals surface area contributed by atoms with Crippen LogP contribution in [0.25, 0.3) is 11.0 Å². The molecule has 96 valence electrons. The molecular weight excluding hydrogens is 294 g/mol. The first kappa shape index (κ1) is 13.1. The van der Waals surface area contributed by atoms with Crippen LogP contribution in [0.1, 0.15) is 30.1 Å². The summed E-state index contributed by atoms with van der Waals surface area (Å²) in [5, 5.41) is 3.77. The SMILES string of the molecule is CCCC(Br)CNC(=O)c1coc2ccccc12.